The van der Waals surface area contributed by atoms with E-state index in [1.807, 2.05) is 12.1 Å². The summed E-state index contributed by atoms with van der Waals surface area (Å²) in [6.07, 6.45) is 2.20. The van der Waals surface area contributed by atoms with Crippen molar-refractivity contribution >= 4 is 0 Å². The van der Waals surface area contributed by atoms with Crippen LogP contribution in [0.2, 0.25) is 0 Å². The van der Waals surface area contributed by atoms with E-state index in [9.17, 15) is 0 Å². The van der Waals surface area contributed by atoms with Gasteiger partial charge in [-0.15, -0.1) is 0 Å². The van der Waals surface area contributed by atoms with Gasteiger partial charge in [0.25, 0.3) is 0 Å². The number of para-hydroxylation sites is 1. The highest BCUT2D eigenvalue weighted by atomic mass is 16.5. The Morgan fingerprint density at radius 2 is 2.14 bits per heavy atom. The van der Waals surface area contributed by atoms with E-state index in [1.165, 1.54) is 5.56 Å². The third-order valence-corrected chi connectivity index (χ3v) is 4.89. The molecule has 1 saturated heterocycles. The van der Waals surface area contributed by atoms with Crippen molar-refractivity contribution in [1.29, 1.82) is 0 Å². The average molecular weight is 292 g/mol. The fraction of sp³-hybridized carbons (Fsp3) is 0.647. The molecule has 0 bridgehead atoms. The van der Waals surface area contributed by atoms with Crippen LogP contribution in [0, 0.1) is 0 Å². The molecule has 0 amide bonds. The van der Waals surface area contributed by atoms with E-state index in [0.29, 0.717) is 12.6 Å². The summed E-state index contributed by atoms with van der Waals surface area (Å²) in [5.74, 6) is 0.932. The molecule has 1 aromatic rings. The molecule has 4 nitrogen and oxygen atoms in total. The minimum absolute atomic E-state index is 0.110. The molecule has 2 N–H and O–H groups in total. The smallest absolute Gasteiger partial charge is 0.122 e. The summed E-state index contributed by atoms with van der Waals surface area (Å²) >= 11 is 0. The monoisotopic (exact) mass is 292 g/mol. The van der Waals surface area contributed by atoms with E-state index in [0.717, 1.165) is 25.2 Å². The summed E-state index contributed by atoms with van der Waals surface area (Å²) in [7, 11) is 3.88. The topological polar surface area (TPSA) is 47.7 Å². The lowest BCUT2D eigenvalue weighted by Crippen LogP contribution is -2.56. The first kappa shape index (κ1) is 16.3. The van der Waals surface area contributed by atoms with Crippen LogP contribution in [0.4, 0.5) is 0 Å². The lowest BCUT2D eigenvalue weighted by atomic mass is 9.88. The second kappa shape index (κ2) is 6.77. The molecular weight excluding hydrogens is 264 g/mol. The van der Waals surface area contributed by atoms with Crippen molar-refractivity contribution < 1.29 is 9.47 Å². The Labute approximate surface area is 128 Å². The van der Waals surface area contributed by atoms with Crippen LogP contribution in [-0.4, -0.2) is 49.9 Å². The number of nitrogens with zero attached hydrogens (tertiary/aromatic N) is 1. The molecule has 0 aromatic heterocycles. The minimum atomic E-state index is -0.110. The van der Waals surface area contributed by atoms with Gasteiger partial charge < -0.3 is 15.2 Å². The normalized spacial score (nSPS) is 25.0. The van der Waals surface area contributed by atoms with E-state index in [-0.39, 0.29) is 11.6 Å². The van der Waals surface area contributed by atoms with Crippen molar-refractivity contribution in [3.8, 4) is 5.75 Å². The van der Waals surface area contributed by atoms with Gasteiger partial charge in [0.05, 0.1) is 13.2 Å². The number of benzene rings is 1. The van der Waals surface area contributed by atoms with Gasteiger partial charge in [0.1, 0.15) is 5.75 Å². The summed E-state index contributed by atoms with van der Waals surface area (Å²) < 4.78 is 11.2. The lowest BCUT2D eigenvalue weighted by Gasteiger charge is -2.43. The number of nitrogens with two attached hydrogens (primary N) is 1. The highest BCUT2D eigenvalue weighted by molar-refractivity contribution is 5.34. The zero-order valence-electron chi connectivity index (χ0n) is 13.6. The Kier molecular flexibility index (Phi) is 5.25. The van der Waals surface area contributed by atoms with Gasteiger partial charge >= 0.3 is 0 Å². The Bertz CT molecular complexity index is 466. The molecule has 0 radical (unpaired) electrons. The van der Waals surface area contributed by atoms with Crippen LogP contribution >= 0.6 is 0 Å². The predicted molar refractivity (Wildman–Crippen MR) is 85.7 cm³/mol. The number of rotatable bonds is 6. The summed E-state index contributed by atoms with van der Waals surface area (Å²) in [6.45, 7) is 5.81. The van der Waals surface area contributed by atoms with Crippen molar-refractivity contribution in [1.82, 2.24) is 4.90 Å². The molecule has 1 fully saturated rings. The van der Waals surface area contributed by atoms with Crippen LogP contribution in [0.15, 0.2) is 24.3 Å². The Balaban J connectivity index is 2.20. The Hall–Kier alpha value is -1.10. The number of hydrogen-bond donors (Lipinski definition) is 1. The number of likely N-dealkylation sites (N-methyl/N-ethyl adjacent to an activating group) is 1. The molecule has 1 aliphatic heterocycles. The van der Waals surface area contributed by atoms with E-state index in [1.54, 1.807) is 7.11 Å². The zero-order chi connectivity index (χ0) is 15.5. The lowest BCUT2D eigenvalue weighted by molar-refractivity contribution is 0.0359. The van der Waals surface area contributed by atoms with E-state index in [2.05, 4.69) is 37.9 Å². The Morgan fingerprint density at radius 1 is 1.43 bits per heavy atom. The molecule has 118 valence electrons. The zero-order valence-corrected chi connectivity index (χ0v) is 13.6. The standard InChI is InChI=1S/C17H28N2O2/c1-13-15(9-10-21-13)19(3)17(2,12-18)11-14-7-5-6-8-16(14)20-4/h5-8,13,15H,9-12,18H2,1-4H3. The van der Waals surface area contributed by atoms with E-state index in [4.69, 9.17) is 15.2 Å². The first-order valence-electron chi connectivity index (χ1n) is 7.68. The fourth-order valence-corrected chi connectivity index (χ4v) is 3.23. The van der Waals surface area contributed by atoms with Crippen LogP contribution in [0.1, 0.15) is 25.8 Å². The molecule has 1 heterocycles. The molecular formula is C17H28N2O2. The van der Waals surface area contributed by atoms with Crippen molar-refractivity contribution in [2.75, 3.05) is 27.3 Å². The summed E-state index contributed by atoms with van der Waals surface area (Å²) in [6, 6.07) is 8.60. The second-order valence-electron chi connectivity index (χ2n) is 6.23. The maximum Gasteiger partial charge on any atom is 0.122 e. The van der Waals surface area contributed by atoms with Crippen molar-refractivity contribution in [2.24, 2.45) is 5.73 Å². The van der Waals surface area contributed by atoms with Gasteiger partial charge in [-0.1, -0.05) is 18.2 Å². The maximum absolute atomic E-state index is 6.14. The highest BCUT2D eigenvalue weighted by Crippen LogP contribution is 2.30. The third kappa shape index (κ3) is 3.39. The quantitative estimate of drug-likeness (QED) is 0.872. The summed E-state index contributed by atoms with van der Waals surface area (Å²) in [5, 5.41) is 0. The number of methoxy groups -OCH3 is 1. The molecule has 0 spiro atoms. The Morgan fingerprint density at radius 3 is 2.71 bits per heavy atom. The van der Waals surface area contributed by atoms with Gasteiger partial charge in [-0.3, -0.25) is 4.90 Å². The van der Waals surface area contributed by atoms with Gasteiger partial charge in [-0.2, -0.15) is 0 Å². The van der Waals surface area contributed by atoms with Crippen LogP contribution < -0.4 is 10.5 Å². The first-order chi connectivity index (χ1) is 10.0. The van der Waals surface area contributed by atoms with Crippen LogP contribution in [0.3, 0.4) is 0 Å². The molecule has 1 aliphatic rings. The molecule has 3 atom stereocenters. The fourth-order valence-electron chi connectivity index (χ4n) is 3.23. The van der Waals surface area contributed by atoms with Crippen molar-refractivity contribution in [2.45, 2.75) is 44.4 Å². The van der Waals surface area contributed by atoms with Crippen molar-refractivity contribution in [3.63, 3.8) is 0 Å². The molecule has 0 aliphatic carbocycles. The summed E-state index contributed by atoms with van der Waals surface area (Å²) in [4.78, 5) is 2.40. The van der Waals surface area contributed by atoms with Crippen LogP contribution in [0.5, 0.6) is 5.75 Å². The van der Waals surface area contributed by atoms with Gasteiger partial charge in [-0.25, -0.2) is 0 Å². The van der Waals surface area contributed by atoms with Gasteiger partial charge in [-0.05, 0) is 45.4 Å². The summed E-state index contributed by atoms with van der Waals surface area (Å²) in [5.41, 5.74) is 7.23. The molecule has 2 rings (SSSR count). The molecule has 4 heteroatoms. The maximum atomic E-state index is 6.14. The van der Waals surface area contributed by atoms with E-state index >= 15 is 0 Å². The predicted octanol–water partition coefficient (Wildman–Crippen LogP) is 2.06. The molecule has 0 saturated carbocycles. The molecule has 21 heavy (non-hydrogen) atoms. The second-order valence-corrected chi connectivity index (χ2v) is 6.23. The van der Waals surface area contributed by atoms with Crippen molar-refractivity contribution in [3.05, 3.63) is 29.8 Å². The minimum Gasteiger partial charge on any atom is -0.496 e. The average Bonchev–Trinajstić information content (AvgIpc) is 2.92. The molecule has 3 unspecified atom stereocenters. The van der Waals surface area contributed by atoms with Crippen LogP contribution in [0.25, 0.3) is 0 Å². The number of ether oxygens (including phenoxy) is 2. The number of hydrogen-bond acceptors (Lipinski definition) is 4. The van der Waals surface area contributed by atoms with E-state index < -0.39 is 0 Å². The van der Waals surface area contributed by atoms with Gasteiger partial charge in [0.15, 0.2) is 0 Å². The van der Waals surface area contributed by atoms with Crippen LogP contribution in [-0.2, 0) is 11.2 Å². The van der Waals surface area contributed by atoms with Gasteiger partial charge in [0, 0.05) is 24.7 Å². The molecule has 1 aromatic carbocycles. The third-order valence-electron chi connectivity index (χ3n) is 4.89. The SMILES string of the molecule is COc1ccccc1CC(C)(CN)N(C)C1CCOC1C. The first-order valence-corrected chi connectivity index (χ1v) is 7.68. The largest absolute Gasteiger partial charge is 0.496 e. The van der Waals surface area contributed by atoms with Gasteiger partial charge in [0.2, 0.25) is 0 Å². The highest BCUT2D eigenvalue weighted by Gasteiger charge is 2.38.